The molecule has 3 rings (SSSR count). The fourth-order valence-corrected chi connectivity index (χ4v) is 2.66. The van der Waals surface area contributed by atoms with Gasteiger partial charge >= 0.3 is 5.69 Å². The first-order chi connectivity index (χ1) is 11.6. The molecule has 0 spiro atoms. The number of pyridine rings is 1. The molecule has 1 aliphatic heterocycles. The van der Waals surface area contributed by atoms with Gasteiger partial charge in [0, 0.05) is 31.7 Å². The van der Waals surface area contributed by atoms with Gasteiger partial charge in [0.25, 0.3) is 11.5 Å². The predicted octanol–water partition coefficient (Wildman–Crippen LogP) is 0.280. The van der Waals surface area contributed by atoms with Crippen molar-refractivity contribution in [3.8, 4) is 0 Å². The third kappa shape index (κ3) is 3.77. The Bertz CT molecular complexity index is 807. The maximum atomic E-state index is 12.4. The molecule has 8 nitrogen and oxygen atoms in total. The summed E-state index contributed by atoms with van der Waals surface area (Å²) in [4.78, 5) is 45.1. The summed E-state index contributed by atoms with van der Waals surface area (Å²) < 4.78 is 5.85. The zero-order valence-electron chi connectivity index (χ0n) is 13.0. The zero-order chi connectivity index (χ0) is 16.9. The van der Waals surface area contributed by atoms with E-state index >= 15 is 0 Å². The second kappa shape index (κ2) is 7.22. The van der Waals surface area contributed by atoms with Gasteiger partial charge in [-0.3, -0.25) is 19.6 Å². The van der Waals surface area contributed by atoms with Gasteiger partial charge in [0.2, 0.25) is 0 Å². The van der Waals surface area contributed by atoms with Crippen LogP contribution < -0.4 is 11.2 Å². The van der Waals surface area contributed by atoms with Gasteiger partial charge in [-0.15, -0.1) is 0 Å². The molecule has 0 atom stereocenters. The molecule has 24 heavy (non-hydrogen) atoms. The largest absolute Gasteiger partial charge is 0.373 e. The Morgan fingerprint density at radius 1 is 1.33 bits per heavy atom. The van der Waals surface area contributed by atoms with Crippen LogP contribution in [0.25, 0.3) is 0 Å². The SMILES string of the molecule is O=C(c1c[nH]c(=O)[nH]c1=O)N1CCC(OCc2cccnc2)CC1. The molecule has 1 saturated heterocycles. The van der Waals surface area contributed by atoms with Crippen molar-refractivity contribution in [2.24, 2.45) is 0 Å². The van der Waals surface area contributed by atoms with E-state index in [1.165, 1.54) is 0 Å². The second-order valence-corrected chi connectivity index (χ2v) is 5.65. The van der Waals surface area contributed by atoms with Gasteiger partial charge in [-0.1, -0.05) is 6.07 Å². The van der Waals surface area contributed by atoms with Crippen molar-refractivity contribution < 1.29 is 9.53 Å². The maximum Gasteiger partial charge on any atom is 0.325 e. The fourth-order valence-electron chi connectivity index (χ4n) is 2.66. The zero-order valence-corrected chi connectivity index (χ0v) is 13.0. The highest BCUT2D eigenvalue weighted by Gasteiger charge is 2.25. The molecule has 2 aromatic rings. The second-order valence-electron chi connectivity index (χ2n) is 5.65. The lowest BCUT2D eigenvalue weighted by atomic mass is 10.1. The molecule has 0 bridgehead atoms. The Balaban J connectivity index is 1.54. The normalized spacial score (nSPS) is 15.4. The minimum atomic E-state index is -0.668. The van der Waals surface area contributed by atoms with Gasteiger partial charge in [0.15, 0.2) is 0 Å². The van der Waals surface area contributed by atoms with Crippen molar-refractivity contribution >= 4 is 5.91 Å². The van der Waals surface area contributed by atoms with Crippen LogP contribution in [0.5, 0.6) is 0 Å². The molecule has 0 unspecified atom stereocenters. The average Bonchev–Trinajstić information content (AvgIpc) is 2.61. The van der Waals surface area contributed by atoms with Crippen molar-refractivity contribution in [2.45, 2.75) is 25.6 Å². The number of hydrogen-bond donors (Lipinski definition) is 2. The van der Waals surface area contributed by atoms with Gasteiger partial charge in [-0.25, -0.2) is 4.79 Å². The number of piperidine rings is 1. The van der Waals surface area contributed by atoms with E-state index in [2.05, 4.69) is 15.0 Å². The molecule has 0 saturated carbocycles. The summed E-state index contributed by atoms with van der Waals surface area (Å²) in [6.45, 7) is 1.51. The van der Waals surface area contributed by atoms with Crippen molar-refractivity contribution in [3.05, 3.63) is 62.7 Å². The lowest BCUT2D eigenvalue weighted by Gasteiger charge is -2.31. The van der Waals surface area contributed by atoms with Gasteiger partial charge in [-0.2, -0.15) is 0 Å². The molecular weight excluding hydrogens is 312 g/mol. The number of nitrogens with one attached hydrogen (secondary N) is 2. The number of aromatic nitrogens is 3. The fraction of sp³-hybridized carbons (Fsp3) is 0.375. The van der Waals surface area contributed by atoms with E-state index in [4.69, 9.17) is 4.74 Å². The molecule has 1 amide bonds. The summed E-state index contributed by atoms with van der Waals surface area (Å²) in [5.74, 6) is -0.377. The molecule has 2 N–H and O–H groups in total. The number of H-pyrrole nitrogens is 2. The van der Waals surface area contributed by atoms with E-state index in [9.17, 15) is 14.4 Å². The Morgan fingerprint density at radius 2 is 2.12 bits per heavy atom. The van der Waals surface area contributed by atoms with Crippen LogP contribution in [0.4, 0.5) is 0 Å². The third-order valence-corrected chi connectivity index (χ3v) is 3.99. The molecular formula is C16H18N4O4. The highest BCUT2D eigenvalue weighted by Crippen LogP contribution is 2.16. The lowest BCUT2D eigenvalue weighted by Crippen LogP contribution is -2.43. The molecule has 3 heterocycles. The van der Waals surface area contributed by atoms with E-state index in [1.54, 1.807) is 17.3 Å². The van der Waals surface area contributed by atoms with Gasteiger partial charge in [0.1, 0.15) is 5.56 Å². The van der Waals surface area contributed by atoms with Gasteiger partial charge in [0.05, 0.1) is 12.7 Å². The van der Waals surface area contributed by atoms with Crippen molar-refractivity contribution in [1.29, 1.82) is 0 Å². The minimum Gasteiger partial charge on any atom is -0.373 e. The molecule has 0 aromatic carbocycles. The van der Waals surface area contributed by atoms with Crippen LogP contribution in [0.2, 0.25) is 0 Å². The van der Waals surface area contributed by atoms with E-state index in [0.29, 0.717) is 32.5 Å². The number of rotatable bonds is 4. The van der Waals surface area contributed by atoms with Crippen molar-refractivity contribution in [3.63, 3.8) is 0 Å². The summed E-state index contributed by atoms with van der Waals surface area (Å²) in [6.07, 6.45) is 6.12. The van der Waals surface area contributed by atoms with Crippen LogP contribution in [0, 0.1) is 0 Å². The molecule has 2 aromatic heterocycles. The quantitative estimate of drug-likeness (QED) is 0.837. The maximum absolute atomic E-state index is 12.4. The summed E-state index contributed by atoms with van der Waals surface area (Å²) in [5, 5.41) is 0. The molecule has 0 aliphatic carbocycles. The molecule has 1 fully saturated rings. The van der Waals surface area contributed by atoms with Gasteiger partial charge < -0.3 is 14.6 Å². The van der Waals surface area contributed by atoms with Gasteiger partial charge in [-0.05, 0) is 24.5 Å². The number of ether oxygens (including phenoxy) is 1. The first-order valence-corrected chi connectivity index (χ1v) is 7.75. The van der Waals surface area contributed by atoms with Crippen LogP contribution in [-0.2, 0) is 11.3 Å². The minimum absolute atomic E-state index is 0.0515. The highest BCUT2D eigenvalue weighted by molar-refractivity contribution is 5.93. The molecule has 1 aliphatic rings. The first kappa shape index (κ1) is 16.1. The molecule has 8 heteroatoms. The number of likely N-dealkylation sites (tertiary alicyclic amines) is 1. The Morgan fingerprint density at radius 3 is 2.79 bits per heavy atom. The third-order valence-electron chi connectivity index (χ3n) is 3.99. The van der Waals surface area contributed by atoms with Crippen molar-refractivity contribution in [2.75, 3.05) is 13.1 Å². The Kier molecular flexibility index (Phi) is 4.85. The highest BCUT2D eigenvalue weighted by atomic mass is 16.5. The van der Waals surface area contributed by atoms with E-state index < -0.39 is 11.2 Å². The number of carbonyl (C=O) groups is 1. The smallest absolute Gasteiger partial charge is 0.325 e. The Hall–Kier alpha value is -2.74. The van der Waals surface area contributed by atoms with Crippen LogP contribution in [0.15, 0.2) is 40.3 Å². The first-order valence-electron chi connectivity index (χ1n) is 7.75. The Labute approximate surface area is 137 Å². The number of nitrogens with zero attached hydrogens (tertiary/aromatic N) is 2. The molecule has 126 valence electrons. The van der Waals surface area contributed by atoms with Crippen LogP contribution in [0.1, 0.15) is 28.8 Å². The van der Waals surface area contributed by atoms with E-state index in [1.807, 2.05) is 12.1 Å². The number of aromatic amines is 2. The van der Waals surface area contributed by atoms with E-state index in [-0.39, 0.29) is 17.6 Å². The summed E-state index contributed by atoms with van der Waals surface area (Å²) in [7, 11) is 0. The van der Waals surface area contributed by atoms with E-state index in [0.717, 1.165) is 11.8 Å². The number of carbonyl (C=O) groups excluding carboxylic acids is 1. The lowest BCUT2D eigenvalue weighted by molar-refractivity contribution is -0.000517. The summed E-state index contributed by atoms with van der Waals surface area (Å²) in [6, 6.07) is 3.82. The average molecular weight is 330 g/mol. The van der Waals surface area contributed by atoms with Crippen LogP contribution in [0.3, 0.4) is 0 Å². The van der Waals surface area contributed by atoms with Crippen molar-refractivity contribution in [1.82, 2.24) is 19.9 Å². The standard InChI is InChI=1S/C16H18N4O4/c21-14-13(9-18-16(23)19-14)15(22)20-6-3-12(4-7-20)24-10-11-2-1-5-17-8-11/h1-2,5,8-9,12H,3-4,6-7,10H2,(H2,18,19,21,23). The predicted molar refractivity (Wildman–Crippen MR) is 85.6 cm³/mol. The topological polar surface area (TPSA) is 108 Å². The summed E-state index contributed by atoms with van der Waals surface area (Å²) in [5.41, 5.74) is -0.335. The molecule has 0 radical (unpaired) electrons. The number of amides is 1. The summed E-state index contributed by atoms with van der Waals surface area (Å²) >= 11 is 0. The van der Waals surface area contributed by atoms with Crippen LogP contribution in [-0.4, -0.2) is 45.0 Å². The monoisotopic (exact) mass is 330 g/mol. The van der Waals surface area contributed by atoms with Crippen LogP contribution >= 0.6 is 0 Å². The number of hydrogen-bond acceptors (Lipinski definition) is 5.